The van der Waals surface area contributed by atoms with Gasteiger partial charge in [-0.2, -0.15) is 4.31 Å². The maximum atomic E-state index is 12.7. The Morgan fingerprint density at radius 1 is 1.00 bits per heavy atom. The van der Waals surface area contributed by atoms with E-state index < -0.39 is 10.0 Å². The van der Waals surface area contributed by atoms with Crippen molar-refractivity contribution in [2.45, 2.75) is 32.6 Å². The van der Waals surface area contributed by atoms with Gasteiger partial charge >= 0.3 is 0 Å². The molecule has 0 saturated carbocycles. The van der Waals surface area contributed by atoms with Crippen LogP contribution in [0.25, 0.3) is 0 Å². The number of aryl methyl sites for hydroxylation is 1. The van der Waals surface area contributed by atoms with Crippen LogP contribution in [-0.2, 0) is 14.8 Å². The zero-order valence-electron chi connectivity index (χ0n) is 17.3. The lowest BCUT2D eigenvalue weighted by Crippen LogP contribution is -2.40. The molecule has 0 unspecified atom stereocenters. The standard InChI is InChI=1S/C22H27NO5S/c1-15-13-21(18(4)17(3)16(15)2)22(24)14-28-19-5-7-20(8-6-19)29(25,26)23-9-11-27-12-10-23/h5-8,13H,9-12,14H2,1-4H3. The molecule has 3 rings (SSSR count). The third kappa shape index (κ3) is 4.52. The molecule has 29 heavy (non-hydrogen) atoms. The molecule has 0 radical (unpaired) electrons. The summed E-state index contributed by atoms with van der Waals surface area (Å²) < 4.78 is 37.6. The second-order valence-electron chi connectivity index (χ2n) is 7.32. The van der Waals surface area contributed by atoms with E-state index in [9.17, 15) is 13.2 Å². The number of sulfonamides is 1. The third-order valence-electron chi connectivity index (χ3n) is 5.58. The summed E-state index contributed by atoms with van der Waals surface area (Å²) in [7, 11) is -3.54. The minimum Gasteiger partial charge on any atom is -0.485 e. The van der Waals surface area contributed by atoms with Crippen molar-refractivity contribution < 1.29 is 22.7 Å². The van der Waals surface area contributed by atoms with Gasteiger partial charge in [-0.3, -0.25) is 4.79 Å². The fourth-order valence-corrected chi connectivity index (χ4v) is 4.78. The number of benzene rings is 2. The first-order valence-electron chi connectivity index (χ1n) is 9.63. The van der Waals surface area contributed by atoms with E-state index in [1.165, 1.54) is 22.0 Å². The van der Waals surface area contributed by atoms with Crippen LogP contribution in [0.2, 0.25) is 0 Å². The first-order chi connectivity index (χ1) is 13.7. The largest absolute Gasteiger partial charge is 0.485 e. The van der Waals surface area contributed by atoms with Crippen molar-refractivity contribution in [1.29, 1.82) is 0 Å². The summed E-state index contributed by atoms with van der Waals surface area (Å²) in [5.41, 5.74) is 5.02. The van der Waals surface area contributed by atoms with Gasteiger partial charge in [0.1, 0.15) is 5.75 Å². The number of carbonyl (C=O) groups excluding carboxylic acids is 1. The number of hydrogen-bond acceptors (Lipinski definition) is 5. The molecule has 0 bridgehead atoms. The fourth-order valence-electron chi connectivity index (χ4n) is 3.37. The summed E-state index contributed by atoms with van der Waals surface area (Å²) >= 11 is 0. The van der Waals surface area contributed by atoms with Gasteiger partial charge in [0.05, 0.1) is 18.1 Å². The van der Waals surface area contributed by atoms with Crippen LogP contribution in [0.4, 0.5) is 0 Å². The van der Waals surface area contributed by atoms with Crippen molar-refractivity contribution in [1.82, 2.24) is 4.31 Å². The van der Waals surface area contributed by atoms with E-state index in [2.05, 4.69) is 6.92 Å². The lowest BCUT2D eigenvalue weighted by Gasteiger charge is -2.26. The average molecular weight is 418 g/mol. The van der Waals surface area contributed by atoms with Crippen LogP contribution in [0.3, 0.4) is 0 Å². The Hall–Kier alpha value is -2.22. The van der Waals surface area contributed by atoms with Crippen LogP contribution in [-0.4, -0.2) is 51.4 Å². The highest BCUT2D eigenvalue weighted by molar-refractivity contribution is 7.89. The average Bonchev–Trinajstić information content (AvgIpc) is 2.74. The molecule has 7 heteroatoms. The number of rotatable bonds is 6. The molecule has 0 amide bonds. The number of ether oxygens (including phenoxy) is 2. The number of Topliss-reactive ketones (excluding diaryl/α,β-unsaturated/α-hetero) is 1. The van der Waals surface area contributed by atoms with Gasteiger partial charge in [-0.15, -0.1) is 0 Å². The molecule has 156 valence electrons. The van der Waals surface area contributed by atoms with Gasteiger partial charge in [0.25, 0.3) is 0 Å². The minimum atomic E-state index is -3.54. The van der Waals surface area contributed by atoms with E-state index >= 15 is 0 Å². The maximum absolute atomic E-state index is 12.7. The molecule has 1 saturated heterocycles. The Labute approximate surface area is 172 Å². The van der Waals surface area contributed by atoms with E-state index in [1.807, 2.05) is 26.8 Å². The summed E-state index contributed by atoms with van der Waals surface area (Å²) in [4.78, 5) is 12.9. The number of hydrogen-bond donors (Lipinski definition) is 0. The molecule has 1 heterocycles. The zero-order valence-corrected chi connectivity index (χ0v) is 18.1. The molecule has 6 nitrogen and oxygen atoms in total. The molecule has 2 aromatic carbocycles. The molecule has 0 aliphatic carbocycles. The fraction of sp³-hybridized carbons (Fsp3) is 0.409. The quantitative estimate of drug-likeness (QED) is 0.675. The smallest absolute Gasteiger partial charge is 0.243 e. The van der Waals surface area contributed by atoms with Gasteiger partial charge in [0, 0.05) is 18.7 Å². The van der Waals surface area contributed by atoms with Crippen LogP contribution >= 0.6 is 0 Å². The van der Waals surface area contributed by atoms with E-state index in [0.29, 0.717) is 37.6 Å². The Kier molecular flexibility index (Phi) is 6.41. The van der Waals surface area contributed by atoms with E-state index in [-0.39, 0.29) is 17.3 Å². The Bertz CT molecular complexity index is 1010. The number of ketones is 1. The summed E-state index contributed by atoms with van der Waals surface area (Å²) in [6, 6.07) is 8.09. The molecule has 2 aromatic rings. The minimum absolute atomic E-state index is 0.0984. The van der Waals surface area contributed by atoms with Crippen molar-refractivity contribution >= 4 is 15.8 Å². The number of carbonyl (C=O) groups is 1. The first kappa shape index (κ1) is 21.5. The zero-order chi connectivity index (χ0) is 21.2. The lowest BCUT2D eigenvalue weighted by molar-refractivity contribution is 0.0730. The Morgan fingerprint density at radius 2 is 1.62 bits per heavy atom. The highest BCUT2D eigenvalue weighted by atomic mass is 32.2. The molecule has 1 aliphatic rings. The summed E-state index contributed by atoms with van der Waals surface area (Å²) in [5, 5.41) is 0. The van der Waals surface area contributed by atoms with Crippen molar-refractivity contribution in [2.75, 3.05) is 32.9 Å². The van der Waals surface area contributed by atoms with Gasteiger partial charge in [-0.05, 0) is 80.3 Å². The summed E-state index contributed by atoms with van der Waals surface area (Å²) in [6.45, 7) is 9.41. The van der Waals surface area contributed by atoms with Crippen molar-refractivity contribution in [2.24, 2.45) is 0 Å². The van der Waals surface area contributed by atoms with Crippen molar-refractivity contribution in [3.8, 4) is 5.75 Å². The van der Waals surface area contributed by atoms with Gasteiger partial charge in [-0.25, -0.2) is 8.42 Å². The van der Waals surface area contributed by atoms with E-state index in [4.69, 9.17) is 9.47 Å². The van der Waals surface area contributed by atoms with Gasteiger partial charge in [0.15, 0.2) is 12.4 Å². The van der Waals surface area contributed by atoms with Crippen LogP contribution in [0, 0.1) is 27.7 Å². The van der Waals surface area contributed by atoms with Gasteiger partial charge < -0.3 is 9.47 Å². The molecule has 0 spiro atoms. The molecule has 0 aromatic heterocycles. The third-order valence-corrected chi connectivity index (χ3v) is 7.50. The van der Waals surface area contributed by atoms with Gasteiger partial charge in [-0.1, -0.05) is 0 Å². The lowest BCUT2D eigenvalue weighted by atomic mass is 9.93. The normalized spacial score (nSPS) is 15.3. The van der Waals surface area contributed by atoms with Gasteiger partial charge in [0.2, 0.25) is 10.0 Å². The molecular weight excluding hydrogens is 390 g/mol. The highest BCUT2D eigenvalue weighted by Crippen LogP contribution is 2.23. The SMILES string of the molecule is Cc1cc(C(=O)COc2ccc(S(=O)(=O)N3CCOCC3)cc2)c(C)c(C)c1C. The Balaban J connectivity index is 1.68. The van der Waals surface area contributed by atoms with Crippen LogP contribution in [0.1, 0.15) is 32.6 Å². The van der Waals surface area contributed by atoms with E-state index in [1.54, 1.807) is 12.1 Å². The molecule has 0 atom stereocenters. The van der Waals surface area contributed by atoms with Crippen molar-refractivity contribution in [3.63, 3.8) is 0 Å². The maximum Gasteiger partial charge on any atom is 0.243 e. The number of morpholine rings is 1. The monoisotopic (exact) mass is 417 g/mol. The van der Waals surface area contributed by atoms with Crippen LogP contribution in [0.15, 0.2) is 35.2 Å². The molecule has 0 N–H and O–H groups in total. The Morgan fingerprint density at radius 3 is 2.24 bits per heavy atom. The van der Waals surface area contributed by atoms with Crippen LogP contribution < -0.4 is 4.74 Å². The van der Waals surface area contributed by atoms with E-state index in [0.717, 1.165) is 16.7 Å². The predicted molar refractivity (Wildman–Crippen MR) is 111 cm³/mol. The van der Waals surface area contributed by atoms with Crippen molar-refractivity contribution in [3.05, 3.63) is 58.1 Å². The van der Waals surface area contributed by atoms with Crippen LogP contribution in [0.5, 0.6) is 5.75 Å². The molecule has 1 aliphatic heterocycles. The topological polar surface area (TPSA) is 72.9 Å². The highest BCUT2D eigenvalue weighted by Gasteiger charge is 2.26. The molecule has 1 fully saturated rings. The summed E-state index contributed by atoms with van der Waals surface area (Å²) in [5.74, 6) is 0.358. The predicted octanol–water partition coefficient (Wildman–Crippen LogP) is 3.20. The summed E-state index contributed by atoms with van der Waals surface area (Å²) in [6.07, 6.45) is 0. The second kappa shape index (κ2) is 8.65. The number of nitrogens with zero attached hydrogens (tertiary/aromatic N) is 1. The second-order valence-corrected chi connectivity index (χ2v) is 9.25. The first-order valence-corrected chi connectivity index (χ1v) is 11.1. The molecular formula is C22H27NO5S.